The van der Waals surface area contributed by atoms with E-state index in [0.29, 0.717) is 10.0 Å². The fourth-order valence-corrected chi connectivity index (χ4v) is 3.10. The number of halogens is 3. The third-order valence-electron chi connectivity index (χ3n) is 2.10. The Morgan fingerprint density at radius 3 is 2.71 bits per heavy atom. The van der Waals surface area contributed by atoms with Crippen LogP contribution in [0.15, 0.2) is 44.9 Å². The fraction of sp³-hybridized carbons (Fsp3) is 0.0833. The van der Waals surface area contributed by atoms with Crippen LogP contribution in [0.25, 0.3) is 0 Å². The second-order valence-corrected chi connectivity index (χ2v) is 6.24. The zero-order chi connectivity index (χ0) is 12.4. The molecule has 0 aliphatic carbocycles. The van der Waals surface area contributed by atoms with E-state index in [1.807, 2.05) is 19.1 Å². The van der Waals surface area contributed by atoms with Crippen LogP contribution in [0.4, 0.5) is 0 Å². The maximum absolute atomic E-state index is 6.11. The Bertz CT molecular complexity index is 560. The van der Waals surface area contributed by atoms with Gasteiger partial charge in [-0.2, -0.15) is 0 Å². The van der Waals surface area contributed by atoms with Crippen molar-refractivity contribution >= 4 is 50.9 Å². The third-order valence-corrected chi connectivity index (χ3v) is 4.39. The van der Waals surface area contributed by atoms with Gasteiger partial charge in [-0.05, 0) is 52.7 Å². The predicted octanol–water partition coefficient (Wildman–Crippen LogP) is 5.61. The van der Waals surface area contributed by atoms with E-state index in [-0.39, 0.29) is 0 Å². The Labute approximate surface area is 123 Å². The normalized spacial score (nSPS) is 10.6. The molecule has 0 amide bonds. The smallest absolute Gasteiger partial charge is 0.104 e. The lowest BCUT2D eigenvalue weighted by Crippen LogP contribution is -1.86. The van der Waals surface area contributed by atoms with Crippen LogP contribution in [0.1, 0.15) is 5.56 Å². The number of aryl methyl sites for hydroxylation is 1. The highest BCUT2D eigenvalue weighted by Gasteiger charge is 2.07. The second-order valence-electron chi connectivity index (χ2n) is 3.45. The number of nitrogens with zero attached hydrogens (tertiary/aromatic N) is 1. The summed E-state index contributed by atoms with van der Waals surface area (Å²) in [6.45, 7) is 2.01. The fourth-order valence-electron chi connectivity index (χ4n) is 1.29. The van der Waals surface area contributed by atoms with Gasteiger partial charge < -0.3 is 0 Å². The van der Waals surface area contributed by atoms with E-state index in [1.165, 1.54) is 11.8 Å². The van der Waals surface area contributed by atoms with Gasteiger partial charge in [-0.3, -0.25) is 0 Å². The number of aromatic nitrogens is 1. The molecule has 17 heavy (non-hydrogen) atoms. The summed E-state index contributed by atoms with van der Waals surface area (Å²) in [6, 6.07) is 7.43. The van der Waals surface area contributed by atoms with Crippen molar-refractivity contribution in [2.45, 2.75) is 16.8 Å². The van der Waals surface area contributed by atoms with E-state index in [2.05, 4.69) is 20.9 Å². The predicted molar refractivity (Wildman–Crippen MR) is 77.3 cm³/mol. The lowest BCUT2D eigenvalue weighted by molar-refractivity contribution is 1.07. The lowest BCUT2D eigenvalue weighted by atomic mass is 10.3. The molecule has 1 nitrogen and oxygen atoms in total. The van der Waals surface area contributed by atoms with Gasteiger partial charge in [0.2, 0.25) is 0 Å². The van der Waals surface area contributed by atoms with E-state index in [4.69, 9.17) is 23.2 Å². The van der Waals surface area contributed by atoms with Crippen molar-refractivity contribution in [3.8, 4) is 0 Å². The summed E-state index contributed by atoms with van der Waals surface area (Å²) < 4.78 is 0.969. The van der Waals surface area contributed by atoms with Crippen molar-refractivity contribution in [3.63, 3.8) is 0 Å². The molecule has 2 rings (SSSR count). The molecule has 1 aromatic heterocycles. The molecule has 5 heteroatoms. The Kier molecular flexibility index (Phi) is 4.36. The van der Waals surface area contributed by atoms with Crippen molar-refractivity contribution in [1.82, 2.24) is 4.98 Å². The Balaban J connectivity index is 2.34. The zero-order valence-electron chi connectivity index (χ0n) is 8.88. The minimum atomic E-state index is 0.673. The van der Waals surface area contributed by atoms with E-state index in [1.54, 1.807) is 18.3 Å². The van der Waals surface area contributed by atoms with Gasteiger partial charge in [0.25, 0.3) is 0 Å². The first kappa shape index (κ1) is 13.2. The van der Waals surface area contributed by atoms with Crippen molar-refractivity contribution in [2.24, 2.45) is 0 Å². The minimum absolute atomic E-state index is 0.673. The molecular formula is C12H8BrCl2NS. The van der Waals surface area contributed by atoms with Crippen LogP contribution in [-0.4, -0.2) is 4.98 Å². The van der Waals surface area contributed by atoms with Crippen LogP contribution in [0, 0.1) is 6.92 Å². The molecule has 0 atom stereocenters. The third kappa shape index (κ3) is 3.38. The summed E-state index contributed by atoms with van der Waals surface area (Å²) in [7, 11) is 0. The molecule has 0 bridgehead atoms. The number of hydrogen-bond acceptors (Lipinski definition) is 2. The molecule has 2 aromatic rings. The van der Waals surface area contributed by atoms with E-state index in [9.17, 15) is 0 Å². The molecule has 0 spiro atoms. The largest absolute Gasteiger partial charge is 0.248 e. The zero-order valence-corrected chi connectivity index (χ0v) is 12.8. The molecule has 88 valence electrons. The van der Waals surface area contributed by atoms with Crippen LogP contribution in [0.2, 0.25) is 10.0 Å². The van der Waals surface area contributed by atoms with Crippen molar-refractivity contribution in [1.29, 1.82) is 0 Å². The van der Waals surface area contributed by atoms with E-state index >= 15 is 0 Å². The van der Waals surface area contributed by atoms with Crippen LogP contribution >= 0.6 is 50.9 Å². The van der Waals surface area contributed by atoms with Gasteiger partial charge in [-0.25, -0.2) is 4.98 Å². The average Bonchev–Trinajstić information content (AvgIpc) is 2.27. The molecule has 0 radical (unpaired) electrons. The molecule has 1 heterocycles. The summed E-state index contributed by atoms with van der Waals surface area (Å²) in [5, 5.41) is 2.28. The maximum atomic E-state index is 6.11. The summed E-state index contributed by atoms with van der Waals surface area (Å²) >= 11 is 17.0. The van der Waals surface area contributed by atoms with Gasteiger partial charge in [0.05, 0.1) is 5.02 Å². The monoisotopic (exact) mass is 347 g/mol. The van der Waals surface area contributed by atoms with Gasteiger partial charge in [-0.15, -0.1) is 0 Å². The van der Waals surface area contributed by atoms with Gasteiger partial charge in [0, 0.05) is 20.6 Å². The molecule has 0 unspecified atom stereocenters. The summed E-state index contributed by atoms with van der Waals surface area (Å²) in [6.07, 6.45) is 1.77. The molecule has 0 saturated heterocycles. The highest BCUT2D eigenvalue weighted by Crippen LogP contribution is 2.35. The summed E-state index contributed by atoms with van der Waals surface area (Å²) in [5.74, 6) is 0. The molecule has 0 fully saturated rings. The van der Waals surface area contributed by atoms with Crippen LogP contribution in [-0.2, 0) is 0 Å². The summed E-state index contributed by atoms with van der Waals surface area (Å²) in [4.78, 5) is 5.27. The van der Waals surface area contributed by atoms with Gasteiger partial charge in [-0.1, -0.05) is 35.0 Å². The van der Waals surface area contributed by atoms with Crippen LogP contribution in [0.3, 0.4) is 0 Å². The number of benzene rings is 1. The molecule has 1 aromatic carbocycles. The average molecular weight is 349 g/mol. The minimum Gasteiger partial charge on any atom is -0.248 e. The standard InChI is InChI=1S/C12H8BrCl2NS/c1-7-4-8(13)6-16-12(7)17-11-5-9(14)2-3-10(11)15/h2-6H,1H3. The van der Waals surface area contributed by atoms with Crippen LogP contribution in [0.5, 0.6) is 0 Å². The first-order valence-corrected chi connectivity index (χ1v) is 7.18. The lowest BCUT2D eigenvalue weighted by Gasteiger charge is -2.06. The Morgan fingerprint density at radius 1 is 1.24 bits per heavy atom. The van der Waals surface area contributed by atoms with Crippen LogP contribution < -0.4 is 0 Å². The highest BCUT2D eigenvalue weighted by atomic mass is 79.9. The Morgan fingerprint density at radius 2 is 2.00 bits per heavy atom. The van der Waals surface area contributed by atoms with E-state index < -0.39 is 0 Å². The van der Waals surface area contributed by atoms with Gasteiger partial charge in [0.15, 0.2) is 0 Å². The number of hydrogen-bond donors (Lipinski definition) is 0. The van der Waals surface area contributed by atoms with Crippen molar-refractivity contribution < 1.29 is 0 Å². The van der Waals surface area contributed by atoms with Crippen molar-refractivity contribution in [3.05, 3.63) is 50.5 Å². The SMILES string of the molecule is Cc1cc(Br)cnc1Sc1cc(Cl)ccc1Cl. The Hall–Kier alpha value is -0.220. The molecule has 0 saturated carbocycles. The van der Waals surface area contributed by atoms with E-state index in [0.717, 1.165) is 20.0 Å². The molecule has 0 aliphatic rings. The number of pyridine rings is 1. The van der Waals surface area contributed by atoms with Crippen molar-refractivity contribution in [2.75, 3.05) is 0 Å². The number of rotatable bonds is 2. The topological polar surface area (TPSA) is 12.9 Å². The first-order valence-electron chi connectivity index (χ1n) is 4.81. The first-order chi connectivity index (χ1) is 8.06. The van der Waals surface area contributed by atoms with Gasteiger partial charge >= 0.3 is 0 Å². The van der Waals surface area contributed by atoms with Gasteiger partial charge in [0.1, 0.15) is 5.03 Å². The molecule has 0 aliphatic heterocycles. The second kappa shape index (κ2) is 5.61. The highest BCUT2D eigenvalue weighted by molar-refractivity contribution is 9.10. The quantitative estimate of drug-likeness (QED) is 0.699. The molecular weight excluding hydrogens is 341 g/mol. The maximum Gasteiger partial charge on any atom is 0.104 e. The molecule has 0 N–H and O–H groups in total. The summed E-state index contributed by atoms with van der Waals surface area (Å²) in [5.41, 5.74) is 1.10.